The van der Waals surface area contributed by atoms with Crippen molar-refractivity contribution in [2.75, 3.05) is 12.4 Å². The average Bonchev–Trinajstić information content (AvgIpc) is 2.35. The Labute approximate surface area is 102 Å². The van der Waals surface area contributed by atoms with Crippen LogP contribution in [0.3, 0.4) is 0 Å². The second-order valence-electron chi connectivity index (χ2n) is 3.20. The molecule has 0 aromatic heterocycles. The lowest BCUT2D eigenvalue weighted by molar-refractivity contribution is -0.385. The minimum atomic E-state index is -0.866. The fourth-order valence-corrected chi connectivity index (χ4v) is 1.94. The molecule has 1 aromatic rings. The van der Waals surface area contributed by atoms with Crippen molar-refractivity contribution in [1.29, 1.82) is 5.26 Å². The Morgan fingerprint density at radius 1 is 1.59 bits per heavy atom. The summed E-state index contributed by atoms with van der Waals surface area (Å²) in [5.74, 6) is 0.236. The van der Waals surface area contributed by atoms with Crippen LogP contribution in [0.1, 0.15) is 5.56 Å². The van der Waals surface area contributed by atoms with Crippen LogP contribution in [0.25, 0.3) is 0 Å². The van der Waals surface area contributed by atoms with Gasteiger partial charge in [0.15, 0.2) is 0 Å². The quantitative estimate of drug-likeness (QED) is 0.459. The number of nitriles is 1. The Bertz CT molecular complexity index is 458. The monoisotopic (exact) mass is 254 g/mol. The van der Waals surface area contributed by atoms with E-state index in [2.05, 4.69) is 0 Å². The smallest absolute Gasteiger partial charge is 0.288 e. The van der Waals surface area contributed by atoms with Gasteiger partial charge in [-0.25, -0.2) is 0 Å². The molecular weight excluding hydrogens is 244 g/mol. The van der Waals surface area contributed by atoms with E-state index in [1.165, 1.54) is 23.9 Å². The number of benzene rings is 1. The molecular formula is C10H10N2O4S. The summed E-state index contributed by atoms with van der Waals surface area (Å²) >= 11 is 1.18. The van der Waals surface area contributed by atoms with Crippen LogP contribution in [0.15, 0.2) is 23.1 Å². The molecule has 0 aliphatic heterocycles. The highest BCUT2D eigenvalue weighted by Crippen LogP contribution is 2.26. The summed E-state index contributed by atoms with van der Waals surface area (Å²) < 4.78 is 0. The number of nitro benzene ring substituents is 1. The van der Waals surface area contributed by atoms with Crippen LogP contribution in [0.4, 0.5) is 5.69 Å². The van der Waals surface area contributed by atoms with E-state index in [4.69, 9.17) is 15.5 Å². The lowest BCUT2D eigenvalue weighted by atomic mass is 10.2. The third-order valence-corrected chi connectivity index (χ3v) is 3.08. The van der Waals surface area contributed by atoms with E-state index >= 15 is 0 Å². The maximum Gasteiger partial charge on any atom is 0.288 e. The molecule has 6 nitrogen and oxygen atoms in total. The first-order valence-corrected chi connectivity index (χ1v) is 5.67. The molecule has 1 atom stereocenters. The number of nitrogens with zero attached hydrogens (tertiary/aromatic N) is 2. The van der Waals surface area contributed by atoms with Crippen LogP contribution < -0.4 is 0 Å². The summed E-state index contributed by atoms with van der Waals surface area (Å²) in [5, 5.41) is 37.1. The van der Waals surface area contributed by atoms with Gasteiger partial charge in [-0.05, 0) is 12.1 Å². The predicted molar refractivity (Wildman–Crippen MR) is 61.6 cm³/mol. The lowest BCUT2D eigenvalue weighted by Gasteiger charge is -2.06. The van der Waals surface area contributed by atoms with Crippen molar-refractivity contribution in [3.8, 4) is 6.07 Å². The van der Waals surface area contributed by atoms with Crippen molar-refractivity contribution in [1.82, 2.24) is 0 Å². The summed E-state index contributed by atoms with van der Waals surface area (Å²) in [6.45, 7) is -0.356. The van der Waals surface area contributed by atoms with Crippen LogP contribution >= 0.6 is 11.8 Å². The fraction of sp³-hybridized carbons (Fsp3) is 0.300. The number of aliphatic hydroxyl groups excluding tert-OH is 2. The predicted octanol–water partition coefficient (Wildman–Crippen LogP) is 0.912. The topological polar surface area (TPSA) is 107 Å². The van der Waals surface area contributed by atoms with Crippen molar-refractivity contribution in [2.24, 2.45) is 0 Å². The second kappa shape index (κ2) is 6.20. The number of nitro groups is 1. The van der Waals surface area contributed by atoms with Crippen LogP contribution in [0.2, 0.25) is 0 Å². The Morgan fingerprint density at radius 2 is 2.29 bits per heavy atom. The zero-order chi connectivity index (χ0) is 12.8. The first-order valence-electron chi connectivity index (χ1n) is 4.68. The van der Waals surface area contributed by atoms with Gasteiger partial charge < -0.3 is 10.2 Å². The van der Waals surface area contributed by atoms with E-state index < -0.39 is 11.0 Å². The second-order valence-corrected chi connectivity index (χ2v) is 4.29. The van der Waals surface area contributed by atoms with E-state index in [0.29, 0.717) is 4.90 Å². The van der Waals surface area contributed by atoms with Gasteiger partial charge in [0.2, 0.25) is 0 Å². The van der Waals surface area contributed by atoms with Gasteiger partial charge in [-0.15, -0.1) is 11.8 Å². The molecule has 0 fully saturated rings. The van der Waals surface area contributed by atoms with Gasteiger partial charge in [-0.2, -0.15) is 5.26 Å². The standard InChI is InChI=1S/C10H10N2O4S/c11-4-7-1-2-9(3-10(7)12(15)16)17-6-8(14)5-13/h1-3,8,13-14H,5-6H2. The molecule has 0 bridgehead atoms. The third kappa shape index (κ3) is 3.71. The largest absolute Gasteiger partial charge is 0.394 e. The van der Waals surface area contributed by atoms with Crippen LogP contribution in [-0.2, 0) is 0 Å². The number of rotatable bonds is 5. The molecule has 0 amide bonds. The van der Waals surface area contributed by atoms with Gasteiger partial charge in [0, 0.05) is 16.7 Å². The first kappa shape index (κ1) is 13.4. The Kier molecular flexibility index (Phi) is 4.90. The minimum Gasteiger partial charge on any atom is -0.394 e. The molecule has 1 rings (SSSR count). The van der Waals surface area contributed by atoms with Crippen LogP contribution in [-0.4, -0.2) is 33.6 Å². The molecule has 0 radical (unpaired) electrons. The van der Waals surface area contributed by atoms with Gasteiger partial charge >= 0.3 is 0 Å². The normalized spacial score (nSPS) is 11.8. The van der Waals surface area contributed by atoms with E-state index in [1.807, 2.05) is 0 Å². The molecule has 0 aliphatic carbocycles. The van der Waals surface area contributed by atoms with E-state index in [1.54, 1.807) is 12.1 Å². The van der Waals surface area contributed by atoms with Gasteiger partial charge in [-0.3, -0.25) is 10.1 Å². The Morgan fingerprint density at radius 3 is 2.82 bits per heavy atom. The third-order valence-electron chi connectivity index (χ3n) is 1.94. The van der Waals surface area contributed by atoms with E-state index in [0.717, 1.165) is 0 Å². The summed E-state index contributed by atoms with van der Waals surface area (Å²) in [5.41, 5.74) is -0.252. The molecule has 1 aromatic carbocycles. The molecule has 17 heavy (non-hydrogen) atoms. The molecule has 0 saturated carbocycles. The Hall–Kier alpha value is -1.62. The molecule has 0 saturated heterocycles. The molecule has 0 heterocycles. The summed E-state index contributed by atoms with van der Waals surface area (Å²) in [4.78, 5) is 10.6. The molecule has 2 N–H and O–H groups in total. The maximum atomic E-state index is 10.7. The van der Waals surface area contributed by atoms with Crippen molar-refractivity contribution < 1.29 is 15.1 Å². The minimum absolute atomic E-state index is 0.00190. The van der Waals surface area contributed by atoms with Crippen molar-refractivity contribution in [3.05, 3.63) is 33.9 Å². The summed E-state index contributed by atoms with van der Waals surface area (Å²) in [6, 6.07) is 5.96. The molecule has 1 unspecified atom stereocenters. The lowest BCUT2D eigenvalue weighted by Crippen LogP contribution is -2.14. The fourth-order valence-electron chi connectivity index (χ4n) is 1.09. The Balaban J connectivity index is 2.86. The van der Waals surface area contributed by atoms with Crippen molar-refractivity contribution in [3.63, 3.8) is 0 Å². The van der Waals surface area contributed by atoms with Gasteiger partial charge in [0.1, 0.15) is 11.6 Å². The van der Waals surface area contributed by atoms with Gasteiger partial charge in [0.05, 0.1) is 17.6 Å². The zero-order valence-corrected chi connectivity index (χ0v) is 9.55. The SMILES string of the molecule is N#Cc1ccc(SCC(O)CO)cc1[N+](=O)[O-]. The van der Waals surface area contributed by atoms with E-state index in [-0.39, 0.29) is 23.6 Å². The van der Waals surface area contributed by atoms with Gasteiger partial charge in [0.25, 0.3) is 5.69 Å². The molecule has 0 spiro atoms. The zero-order valence-electron chi connectivity index (χ0n) is 8.74. The number of hydrogen-bond acceptors (Lipinski definition) is 6. The maximum absolute atomic E-state index is 10.7. The summed E-state index contributed by atoms with van der Waals surface area (Å²) in [7, 11) is 0. The van der Waals surface area contributed by atoms with Crippen LogP contribution in [0.5, 0.6) is 0 Å². The molecule has 7 heteroatoms. The summed E-state index contributed by atoms with van der Waals surface area (Å²) in [6.07, 6.45) is -0.866. The van der Waals surface area contributed by atoms with Crippen molar-refractivity contribution in [2.45, 2.75) is 11.0 Å². The number of thioether (sulfide) groups is 1. The molecule has 90 valence electrons. The highest BCUT2D eigenvalue weighted by molar-refractivity contribution is 7.99. The number of aliphatic hydroxyl groups is 2. The highest BCUT2D eigenvalue weighted by Gasteiger charge is 2.14. The first-order chi connectivity index (χ1) is 8.08. The average molecular weight is 254 g/mol. The number of hydrogen-bond donors (Lipinski definition) is 2. The van der Waals surface area contributed by atoms with Gasteiger partial charge in [-0.1, -0.05) is 0 Å². The van der Waals surface area contributed by atoms with E-state index in [9.17, 15) is 10.1 Å². The highest BCUT2D eigenvalue weighted by atomic mass is 32.2. The van der Waals surface area contributed by atoms with Crippen molar-refractivity contribution >= 4 is 17.4 Å². The molecule has 0 aliphatic rings. The van der Waals surface area contributed by atoms with Crippen LogP contribution in [0, 0.1) is 21.4 Å².